The Morgan fingerprint density at radius 2 is 2.39 bits per heavy atom. The highest BCUT2D eigenvalue weighted by molar-refractivity contribution is 9.10. The Labute approximate surface area is 121 Å². The summed E-state index contributed by atoms with van der Waals surface area (Å²) >= 11 is 9.28. The maximum atomic E-state index is 12.0. The van der Waals surface area contributed by atoms with Gasteiger partial charge in [0.2, 0.25) is 0 Å². The Morgan fingerprint density at radius 1 is 1.61 bits per heavy atom. The summed E-state index contributed by atoms with van der Waals surface area (Å²) in [7, 11) is 2.10. The second-order valence-corrected chi connectivity index (χ2v) is 5.88. The summed E-state index contributed by atoms with van der Waals surface area (Å²) in [6.07, 6.45) is 2.36. The third kappa shape index (κ3) is 3.25. The molecule has 1 unspecified atom stereocenters. The minimum absolute atomic E-state index is 0.0651. The maximum Gasteiger partial charge on any atom is 0.251 e. The van der Waals surface area contributed by atoms with Crippen LogP contribution < -0.4 is 5.32 Å². The van der Waals surface area contributed by atoms with Gasteiger partial charge in [-0.25, -0.2) is 0 Å². The average Bonchev–Trinajstić information content (AvgIpc) is 2.75. The number of amides is 1. The molecule has 1 atom stereocenters. The Morgan fingerprint density at radius 3 is 3.00 bits per heavy atom. The Hall–Kier alpha value is -0.580. The summed E-state index contributed by atoms with van der Waals surface area (Å²) in [5.41, 5.74) is 0.601. The number of carbonyl (C=O) groups is 1. The number of nitrogens with one attached hydrogen (secondary N) is 1. The van der Waals surface area contributed by atoms with E-state index in [1.54, 1.807) is 18.2 Å². The van der Waals surface area contributed by atoms with Gasteiger partial charge in [-0.15, -0.1) is 0 Å². The first-order valence-electron chi connectivity index (χ1n) is 6.01. The van der Waals surface area contributed by atoms with Crippen molar-refractivity contribution >= 4 is 33.4 Å². The number of halogens is 2. The molecule has 1 aliphatic rings. The van der Waals surface area contributed by atoms with Crippen LogP contribution in [0.1, 0.15) is 23.2 Å². The molecule has 98 valence electrons. The van der Waals surface area contributed by atoms with Gasteiger partial charge < -0.3 is 10.2 Å². The van der Waals surface area contributed by atoms with Crippen molar-refractivity contribution in [3.63, 3.8) is 0 Å². The number of hydrogen-bond acceptors (Lipinski definition) is 2. The fraction of sp³-hybridized carbons (Fsp3) is 0.462. The number of likely N-dealkylation sites (N-methyl/N-ethyl adjacent to an activating group) is 1. The lowest BCUT2D eigenvalue weighted by atomic mass is 10.2. The van der Waals surface area contributed by atoms with Crippen LogP contribution in [0.5, 0.6) is 0 Å². The van der Waals surface area contributed by atoms with E-state index in [1.165, 1.54) is 6.42 Å². The standard InChI is InChI=1S/C13H16BrClN2O/c1-17-6-2-3-10(17)8-16-13(18)9-4-5-11(14)12(15)7-9/h4-5,7,10H,2-3,6,8H2,1H3,(H,16,18). The van der Waals surface area contributed by atoms with Crippen LogP contribution in [0.2, 0.25) is 5.02 Å². The zero-order valence-electron chi connectivity index (χ0n) is 10.2. The smallest absolute Gasteiger partial charge is 0.251 e. The van der Waals surface area contributed by atoms with Gasteiger partial charge in [0.05, 0.1) is 5.02 Å². The van der Waals surface area contributed by atoms with Crippen molar-refractivity contribution in [2.45, 2.75) is 18.9 Å². The summed E-state index contributed by atoms with van der Waals surface area (Å²) in [4.78, 5) is 14.3. The number of likely N-dealkylation sites (tertiary alicyclic amines) is 1. The van der Waals surface area contributed by atoms with Crippen molar-refractivity contribution in [3.8, 4) is 0 Å². The largest absolute Gasteiger partial charge is 0.350 e. The first-order chi connectivity index (χ1) is 8.58. The van der Waals surface area contributed by atoms with E-state index >= 15 is 0 Å². The van der Waals surface area contributed by atoms with E-state index < -0.39 is 0 Å². The van der Waals surface area contributed by atoms with Crippen LogP contribution in [0.25, 0.3) is 0 Å². The molecule has 0 bridgehead atoms. The minimum Gasteiger partial charge on any atom is -0.350 e. The SMILES string of the molecule is CN1CCCC1CNC(=O)c1ccc(Br)c(Cl)c1. The first-order valence-corrected chi connectivity index (χ1v) is 7.18. The predicted molar refractivity (Wildman–Crippen MR) is 77.1 cm³/mol. The molecule has 1 fully saturated rings. The Kier molecular flexibility index (Phi) is 4.65. The van der Waals surface area contributed by atoms with Gasteiger partial charge in [0, 0.05) is 22.6 Å². The van der Waals surface area contributed by atoms with Gasteiger partial charge >= 0.3 is 0 Å². The molecular formula is C13H16BrClN2O. The van der Waals surface area contributed by atoms with Crippen LogP contribution in [0, 0.1) is 0 Å². The minimum atomic E-state index is -0.0651. The highest BCUT2D eigenvalue weighted by atomic mass is 79.9. The summed E-state index contributed by atoms with van der Waals surface area (Å²) in [5, 5.41) is 3.52. The molecule has 1 saturated heterocycles. The molecule has 0 spiro atoms. The topological polar surface area (TPSA) is 32.3 Å². The van der Waals surface area contributed by atoms with Gasteiger partial charge in [-0.2, -0.15) is 0 Å². The van der Waals surface area contributed by atoms with Crippen LogP contribution in [0.15, 0.2) is 22.7 Å². The van der Waals surface area contributed by atoms with Gasteiger partial charge in [0.1, 0.15) is 0 Å². The molecule has 1 aromatic carbocycles. The van der Waals surface area contributed by atoms with Crippen molar-refractivity contribution < 1.29 is 4.79 Å². The lowest BCUT2D eigenvalue weighted by Crippen LogP contribution is -2.38. The highest BCUT2D eigenvalue weighted by Crippen LogP contribution is 2.23. The van der Waals surface area contributed by atoms with E-state index in [1.807, 2.05) is 0 Å². The van der Waals surface area contributed by atoms with E-state index in [0.29, 0.717) is 23.2 Å². The third-order valence-corrected chi connectivity index (χ3v) is 4.58. The van der Waals surface area contributed by atoms with Gasteiger partial charge in [-0.3, -0.25) is 4.79 Å². The van der Waals surface area contributed by atoms with Crippen LogP contribution in [0.3, 0.4) is 0 Å². The monoisotopic (exact) mass is 330 g/mol. The Bertz CT molecular complexity index is 453. The third-order valence-electron chi connectivity index (χ3n) is 3.35. The van der Waals surface area contributed by atoms with E-state index in [-0.39, 0.29) is 5.91 Å². The van der Waals surface area contributed by atoms with E-state index in [2.05, 4.69) is 33.2 Å². The van der Waals surface area contributed by atoms with Crippen molar-refractivity contribution in [1.82, 2.24) is 10.2 Å². The van der Waals surface area contributed by atoms with Gasteiger partial charge in [0.15, 0.2) is 0 Å². The molecule has 1 aromatic rings. The first kappa shape index (κ1) is 13.8. The number of rotatable bonds is 3. The van der Waals surface area contributed by atoms with Crippen LogP contribution in [-0.4, -0.2) is 37.0 Å². The summed E-state index contributed by atoms with van der Waals surface area (Å²) in [6.45, 7) is 1.81. The van der Waals surface area contributed by atoms with Crippen molar-refractivity contribution in [2.75, 3.05) is 20.1 Å². The van der Waals surface area contributed by atoms with E-state index in [9.17, 15) is 4.79 Å². The fourth-order valence-electron chi connectivity index (χ4n) is 2.19. The van der Waals surface area contributed by atoms with Gasteiger partial charge in [-0.05, 0) is 60.6 Å². The second kappa shape index (κ2) is 6.04. The molecule has 1 N–H and O–H groups in total. The van der Waals surface area contributed by atoms with Crippen molar-refractivity contribution in [2.24, 2.45) is 0 Å². The number of carbonyl (C=O) groups excluding carboxylic acids is 1. The number of nitrogens with zero attached hydrogens (tertiary/aromatic N) is 1. The molecule has 3 nitrogen and oxygen atoms in total. The van der Waals surface area contributed by atoms with E-state index in [0.717, 1.165) is 17.4 Å². The maximum absolute atomic E-state index is 12.0. The van der Waals surface area contributed by atoms with Gasteiger partial charge in [-0.1, -0.05) is 11.6 Å². The molecule has 5 heteroatoms. The van der Waals surface area contributed by atoms with Crippen molar-refractivity contribution in [1.29, 1.82) is 0 Å². The van der Waals surface area contributed by atoms with Crippen LogP contribution in [-0.2, 0) is 0 Å². The summed E-state index contributed by atoms with van der Waals surface area (Å²) in [6, 6.07) is 5.70. The zero-order chi connectivity index (χ0) is 13.1. The lowest BCUT2D eigenvalue weighted by Gasteiger charge is -2.19. The predicted octanol–water partition coefficient (Wildman–Crippen LogP) is 2.93. The summed E-state index contributed by atoms with van der Waals surface area (Å²) in [5.74, 6) is -0.0651. The van der Waals surface area contributed by atoms with Crippen LogP contribution in [0.4, 0.5) is 0 Å². The quantitative estimate of drug-likeness (QED) is 0.923. The molecule has 0 saturated carbocycles. The van der Waals surface area contributed by atoms with Crippen LogP contribution >= 0.6 is 27.5 Å². The molecule has 1 amide bonds. The second-order valence-electron chi connectivity index (χ2n) is 4.62. The summed E-state index contributed by atoms with van der Waals surface area (Å²) < 4.78 is 0.802. The number of benzene rings is 1. The van der Waals surface area contributed by atoms with Gasteiger partial charge in [0.25, 0.3) is 5.91 Å². The molecule has 0 radical (unpaired) electrons. The lowest BCUT2D eigenvalue weighted by molar-refractivity contribution is 0.0943. The molecule has 1 aliphatic heterocycles. The number of hydrogen-bond donors (Lipinski definition) is 1. The zero-order valence-corrected chi connectivity index (χ0v) is 12.6. The molecule has 18 heavy (non-hydrogen) atoms. The molecule has 0 aliphatic carbocycles. The van der Waals surface area contributed by atoms with E-state index in [4.69, 9.17) is 11.6 Å². The normalized spacial score (nSPS) is 20.1. The molecule has 0 aromatic heterocycles. The highest BCUT2D eigenvalue weighted by Gasteiger charge is 2.21. The van der Waals surface area contributed by atoms with Crippen molar-refractivity contribution in [3.05, 3.63) is 33.3 Å². The average molecular weight is 332 g/mol. The Balaban J connectivity index is 1.93. The molecule has 2 rings (SSSR count). The molecule has 1 heterocycles. The molecular weight excluding hydrogens is 316 g/mol. The fourth-order valence-corrected chi connectivity index (χ4v) is 2.61.